The van der Waals surface area contributed by atoms with Crippen molar-refractivity contribution in [1.29, 1.82) is 0 Å². The second-order valence-electron chi connectivity index (χ2n) is 4.75. The Morgan fingerprint density at radius 1 is 1.22 bits per heavy atom. The van der Waals surface area contributed by atoms with Crippen LogP contribution in [0.3, 0.4) is 0 Å². The highest BCUT2D eigenvalue weighted by atomic mass is 79.9. The summed E-state index contributed by atoms with van der Waals surface area (Å²) in [7, 11) is 1.62. The average Bonchev–Trinajstić information content (AvgIpc) is 2.82. The molecule has 0 aliphatic carbocycles. The van der Waals surface area contributed by atoms with E-state index in [1.807, 2.05) is 54.6 Å². The molecule has 0 spiro atoms. The number of carbonyl (C=O) groups excluding carboxylic acids is 1. The van der Waals surface area contributed by atoms with Crippen LogP contribution in [0.5, 0.6) is 5.75 Å². The summed E-state index contributed by atoms with van der Waals surface area (Å²) in [5, 5.41) is 0. The van der Waals surface area contributed by atoms with Gasteiger partial charge in [0.15, 0.2) is 4.32 Å². The Labute approximate surface area is 152 Å². The topological polar surface area (TPSA) is 29.5 Å². The molecule has 0 N–H and O–H groups in total. The highest BCUT2D eigenvalue weighted by molar-refractivity contribution is 9.10. The molecule has 1 aliphatic rings. The Morgan fingerprint density at radius 3 is 2.61 bits per heavy atom. The van der Waals surface area contributed by atoms with Crippen LogP contribution in [0.4, 0.5) is 5.69 Å². The summed E-state index contributed by atoms with van der Waals surface area (Å²) in [6.45, 7) is 0. The molecular formula is C17H12BrNO2S2. The first-order valence-electron chi connectivity index (χ1n) is 6.76. The van der Waals surface area contributed by atoms with Crippen molar-refractivity contribution in [3.05, 3.63) is 63.5 Å². The number of para-hydroxylation sites is 1. The van der Waals surface area contributed by atoms with E-state index in [9.17, 15) is 4.79 Å². The molecule has 0 bridgehead atoms. The molecule has 0 saturated carbocycles. The molecule has 2 aromatic rings. The standard InChI is InChI=1S/C17H12BrNO2S2/c1-21-14-8-7-11(9-13(14)18)10-15-16(20)19(17(22)23-15)12-5-3-2-4-6-12/h2-10H,1H3/b15-10-. The van der Waals surface area contributed by atoms with Crippen molar-refractivity contribution in [3.63, 3.8) is 0 Å². The van der Waals surface area contributed by atoms with E-state index < -0.39 is 0 Å². The predicted molar refractivity (Wildman–Crippen MR) is 103 cm³/mol. The number of ether oxygens (including phenoxy) is 1. The molecule has 0 aromatic heterocycles. The number of nitrogens with zero attached hydrogens (tertiary/aromatic N) is 1. The molecular weight excluding hydrogens is 394 g/mol. The van der Waals surface area contributed by atoms with E-state index in [2.05, 4.69) is 15.9 Å². The van der Waals surface area contributed by atoms with Gasteiger partial charge in [-0.1, -0.05) is 48.2 Å². The van der Waals surface area contributed by atoms with E-state index in [0.29, 0.717) is 9.23 Å². The average molecular weight is 406 g/mol. The maximum Gasteiger partial charge on any atom is 0.270 e. The summed E-state index contributed by atoms with van der Waals surface area (Å²) in [6.07, 6.45) is 1.84. The van der Waals surface area contributed by atoms with Crippen LogP contribution in [0.1, 0.15) is 5.56 Å². The highest BCUT2D eigenvalue weighted by Gasteiger charge is 2.33. The number of carbonyl (C=O) groups is 1. The minimum absolute atomic E-state index is 0.0989. The Hall–Kier alpha value is -1.63. The van der Waals surface area contributed by atoms with E-state index in [1.165, 1.54) is 11.8 Å². The van der Waals surface area contributed by atoms with Crippen LogP contribution in [0.25, 0.3) is 6.08 Å². The number of methoxy groups -OCH3 is 1. The number of rotatable bonds is 3. The third-order valence-corrected chi connectivity index (χ3v) is 5.20. The molecule has 116 valence electrons. The van der Waals surface area contributed by atoms with Gasteiger partial charge in [0, 0.05) is 0 Å². The van der Waals surface area contributed by atoms with Gasteiger partial charge >= 0.3 is 0 Å². The highest BCUT2D eigenvalue weighted by Crippen LogP contribution is 2.36. The maximum atomic E-state index is 12.6. The monoisotopic (exact) mass is 405 g/mol. The molecule has 3 nitrogen and oxygen atoms in total. The second kappa shape index (κ2) is 6.86. The Morgan fingerprint density at radius 2 is 1.96 bits per heavy atom. The van der Waals surface area contributed by atoms with E-state index in [1.54, 1.807) is 12.0 Å². The quantitative estimate of drug-likeness (QED) is 0.538. The fourth-order valence-electron chi connectivity index (χ4n) is 2.19. The lowest BCUT2D eigenvalue weighted by molar-refractivity contribution is -0.113. The summed E-state index contributed by atoms with van der Waals surface area (Å²) in [6, 6.07) is 15.1. The van der Waals surface area contributed by atoms with Crippen molar-refractivity contribution in [2.75, 3.05) is 12.0 Å². The Balaban J connectivity index is 1.91. The zero-order valence-electron chi connectivity index (χ0n) is 12.2. The van der Waals surface area contributed by atoms with Crippen LogP contribution < -0.4 is 9.64 Å². The number of anilines is 1. The van der Waals surface area contributed by atoms with Gasteiger partial charge < -0.3 is 4.74 Å². The van der Waals surface area contributed by atoms with E-state index in [0.717, 1.165) is 21.5 Å². The summed E-state index contributed by atoms with van der Waals surface area (Å²) in [4.78, 5) is 14.8. The third-order valence-electron chi connectivity index (χ3n) is 3.28. The maximum absolute atomic E-state index is 12.6. The normalized spacial score (nSPS) is 16.3. The Kier molecular flexibility index (Phi) is 4.84. The lowest BCUT2D eigenvalue weighted by Crippen LogP contribution is -2.27. The van der Waals surface area contributed by atoms with Gasteiger partial charge in [0.05, 0.1) is 22.2 Å². The molecule has 1 amide bonds. The van der Waals surface area contributed by atoms with Crippen molar-refractivity contribution in [3.8, 4) is 5.75 Å². The van der Waals surface area contributed by atoms with Gasteiger partial charge in [-0.25, -0.2) is 0 Å². The molecule has 1 heterocycles. The van der Waals surface area contributed by atoms with Gasteiger partial charge in [-0.05, 0) is 51.8 Å². The zero-order chi connectivity index (χ0) is 16.4. The minimum Gasteiger partial charge on any atom is -0.496 e. The molecule has 1 aliphatic heterocycles. The fourth-order valence-corrected chi connectivity index (χ4v) is 4.05. The van der Waals surface area contributed by atoms with Crippen molar-refractivity contribution in [2.24, 2.45) is 0 Å². The molecule has 3 rings (SSSR count). The number of hydrogen-bond acceptors (Lipinski definition) is 4. The van der Waals surface area contributed by atoms with Crippen LogP contribution in [0, 0.1) is 0 Å². The van der Waals surface area contributed by atoms with Crippen LogP contribution >= 0.6 is 39.9 Å². The minimum atomic E-state index is -0.0989. The number of benzene rings is 2. The van der Waals surface area contributed by atoms with E-state index >= 15 is 0 Å². The van der Waals surface area contributed by atoms with Gasteiger partial charge in [-0.15, -0.1) is 0 Å². The zero-order valence-corrected chi connectivity index (χ0v) is 15.4. The van der Waals surface area contributed by atoms with E-state index in [4.69, 9.17) is 17.0 Å². The fraction of sp³-hybridized carbons (Fsp3) is 0.0588. The Bertz CT molecular complexity index is 805. The number of thioether (sulfide) groups is 1. The first-order chi connectivity index (χ1) is 11.1. The van der Waals surface area contributed by atoms with Crippen LogP contribution in [0.15, 0.2) is 57.9 Å². The molecule has 0 unspecified atom stereocenters. The van der Waals surface area contributed by atoms with Crippen molar-refractivity contribution < 1.29 is 9.53 Å². The molecule has 0 atom stereocenters. The van der Waals surface area contributed by atoms with Crippen LogP contribution in [0.2, 0.25) is 0 Å². The molecule has 6 heteroatoms. The predicted octanol–water partition coefficient (Wildman–Crippen LogP) is 4.86. The number of hydrogen-bond donors (Lipinski definition) is 0. The van der Waals surface area contributed by atoms with Gasteiger partial charge in [-0.3, -0.25) is 9.69 Å². The lowest BCUT2D eigenvalue weighted by atomic mass is 10.2. The molecule has 23 heavy (non-hydrogen) atoms. The van der Waals surface area contributed by atoms with Gasteiger partial charge in [0.1, 0.15) is 5.75 Å². The van der Waals surface area contributed by atoms with Crippen molar-refractivity contribution in [2.45, 2.75) is 0 Å². The summed E-state index contributed by atoms with van der Waals surface area (Å²) in [5.74, 6) is 0.650. The molecule has 0 radical (unpaired) electrons. The lowest BCUT2D eigenvalue weighted by Gasteiger charge is -2.13. The summed E-state index contributed by atoms with van der Waals surface area (Å²) < 4.78 is 6.60. The number of thiocarbonyl (C=S) groups is 1. The molecule has 1 fully saturated rings. The smallest absolute Gasteiger partial charge is 0.270 e. The van der Waals surface area contributed by atoms with Crippen molar-refractivity contribution >= 4 is 61.9 Å². The second-order valence-corrected chi connectivity index (χ2v) is 7.28. The SMILES string of the molecule is COc1ccc(/C=C2\SC(=S)N(c3ccccc3)C2=O)cc1Br. The number of halogens is 1. The first kappa shape index (κ1) is 16.2. The third kappa shape index (κ3) is 3.34. The van der Waals surface area contributed by atoms with Gasteiger partial charge in [0.25, 0.3) is 5.91 Å². The van der Waals surface area contributed by atoms with Gasteiger partial charge in [0.2, 0.25) is 0 Å². The van der Waals surface area contributed by atoms with Crippen molar-refractivity contribution in [1.82, 2.24) is 0 Å². The van der Waals surface area contributed by atoms with E-state index in [-0.39, 0.29) is 5.91 Å². The molecule has 1 saturated heterocycles. The van der Waals surface area contributed by atoms with Crippen LogP contribution in [-0.2, 0) is 4.79 Å². The van der Waals surface area contributed by atoms with Gasteiger partial charge in [-0.2, -0.15) is 0 Å². The first-order valence-corrected chi connectivity index (χ1v) is 8.78. The number of amides is 1. The largest absolute Gasteiger partial charge is 0.496 e. The summed E-state index contributed by atoms with van der Waals surface area (Å²) >= 11 is 10.1. The van der Waals surface area contributed by atoms with Crippen LogP contribution in [-0.4, -0.2) is 17.3 Å². The summed E-state index contributed by atoms with van der Waals surface area (Å²) in [5.41, 5.74) is 1.69. The molecule has 2 aromatic carbocycles.